The SMILES string of the molecule is CCCCCCCCCCCCCCCCCCc1ccc[n+](CCCCCCCCCCCCCCCCCC)c1. The van der Waals surface area contributed by atoms with Crippen molar-refractivity contribution >= 4 is 0 Å². The highest BCUT2D eigenvalue weighted by molar-refractivity contribution is 5.05. The molecule has 0 saturated heterocycles. The minimum atomic E-state index is 1.20. The lowest BCUT2D eigenvalue weighted by Crippen LogP contribution is -2.33. The van der Waals surface area contributed by atoms with Gasteiger partial charge < -0.3 is 0 Å². The van der Waals surface area contributed by atoms with Crippen LogP contribution in [0.15, 0.2) is 24.5 Å². The summed E-state index contributed by atoms with van der Waals surface area (Å²) in [6, 6.07) is 4.61. The number of aromatic nitrogens is 1. The van der Waals surface area contributed by atoms with Gasteiger partial charge in [0, 0.05) is 18.1 Å². The van der Waals surface area contributed by atoms with Crippen molar-refractivity contribution in [2.75, 3.05) is 0 Å². The zero-order valence-corrected chi connectivity index (χ0v) is 29.3. The smallest absolute Gasteiger partial charge is 0.171 e. The Morgan fingerprint density at radius 2 is 0.690 bits per heavy atom. The van der Waals surface area contributed by atoms with Crippen LogP contribution < -0.4 is 4.57 Å². The molecular formula is C41H78N+. The number of aryl methyl sites for hydroxylation is 2. The van der Waals surface area contributed by atoms with Gasteiger partial charge in [-0.05, 0) is 25.3 Å². The first kappa shape index (κ1) is 39.2. The Morgan fingerprint density at radius 1 is 0.381 bits per heavy atom. The lowest BCUT2D eigenvalue weighted by Gasteiger charge is -2.04. The first-order chi connectivity index (χ1) is 20.9. The van der Waals surface area contributed by atoms with Gasteiger partial charge in [-0.3, -0.25) is 0 Å². The van der Waals surface area contributed by atoms with E-state index < -0.39 is 0 Å². The summed E-state index contributed by atoms with van der Waals surface area (Å²) in [4.78, 5) is 0. The molecule has 0 amide bonds. The van der Waals surface area contributed by atoms with Crippen molar-refractivity contribution in [1.29, 1.82) is 0 Å². The van der Waals surface area contributed by atoms with E-state index in [1.54, 1.807) is 5.56 Å². The maximum Gasteiger partial charge on any atom is 0.171 e. The van der Waals surface area contributed by atoms with Crippen molar-refractivity contribution in [1.82, 2.24) is 0 Å². The summed E-state index contributed by atoms with van der Waals surface area (Å²) in [5, 5.41) is 0. The van der Waals surface area contributed by atoms with Gasteiger partial charge in [-0.15, -0.1) is 0 Å². The monoisotopic (exact) mass is 585 g/mol. The van der Waals surface area contributed by atoms with Gasteiger partial charge in [0.1, 0.15) is 6.54 Å². The Morgan fingerprint density at radius 3 is 1.05 bits per heavy atom. The molecule has 0 atom stereocenters. The minimum absolute atomic E-state index is 1.20. The zero-order chi connectivity index (χ0) is 30.0. The average molecular weight is 585 g/mol. The van der Waals surface area contributed by atoms with Crippen molar-refractivity contribution in [2.45, 2.75) is 232 Å². The summed E-state index contributed by atoms with van der Waals surface area (Å²) in [6.07, 6.45) is 52.2. The third-order valence-corrected chi connectivity index (χ3v) is 9.51. The fraction of sp³-hybridized carbons (Fsp3) is 0.878. The molecule has 0 N–H and O–H groups in total. The molecule has 1 aromatic heterocycles. The molecule has 42 heavy (non-hydrogen) atoms. The molecule has 0 aliphatic rings. The molecule has 1 rings (SSSR count). The van der Waals surface area contributed by atoms with Crippen molar-refractivity contribution in [2.24, 2.45) is 0 Å². The van der Waals surface area contributed by atoms with Gasteiger partial charge in [-0.25, -0.2) is 4.57 Å². The molecule has 0 fully saturated rings. The van der Waals surface area contributed by atoms with Crippen molar-refractivity contribution in [3.63, 3.8) is 0 Å². The number of rotatable bonds is 34. The van der Waals surface area contributed by atoms with Crippen LogP contribution in [-0.2, 0) is 13.0 Å². The van der Waals surface area contributed by atoms with Gasteiger partial charge in [0.15, 0.2) is 12.4 Å². The van der Waals surface area contributed by atoms with Crippen LogP contribution in [0.4, 0.5) is 0 Å². The van der Waals surface area contributed by atoms with E-state index in [4.69, 9.17) is 0 Å². The zero-order valence-electron chi connectivity index (χ0n) is 29.3. The van der Waals surface area contributed by atoms with Crippen LogP contribution in [-0.4, -0.2) is 0 Å². The Labute approximate surface area is 266 Å². The van der Waals surface area contributed by atoms with E-state index in [-0.39, 0.29) is 0 Å². The van der Waals surface area contributed by atoms with E-state index in [9.17, 15) is 0 Å². The Balaban J connectivity index is 1.84. The molecule has 1 heterocycles. The summed E-state index contributed by atoms with van der Waals surface area (Å²) < 4.78 is 2.45. The first-order valence-corrected chi connectivity index (χ1v) is 19.8. The summed E-state index contributed by atoms with van der Waals surface area (Å²) >= 11 is 0. The second kappa shape index (κ2) is 33.1. The lowest BCUT2D eigenvalue weighted by atomic mass is 10.0. The van der Waals surface area contributed by atoms with Crippen LogP contribution in [0, 0.1) is 0 Å². The normalized spacial score (nSPS) is 11.5. The number of hydrogen-bond donors (Lipinski definition) is 0. The molecule has 0 saturated carbocycles. The highest BCUT2D eigenvalue weighted by atomic mass is 14.9. The quantitative estimate of drug-likeness (QED) is 0.0560. The predicted octanol–water partition coefficient (Wildman–Crippen LogP) is 14.0. The summed E-state index contributed by atoms with van der Waals surface area (Å²) in [5.74, 6) is 0. The standard InChI is InChI=1S/C41H78N/c1-3-5-7-9-11-13-15-17-19-21-23-25-27-29-31-33-36-41-37-35-39-42(40-41)38-34-32-30-28-26-24-22-20-18-16-14-12-10-8-6-4-2/h35,37,39-40H,3-34,36,38H2,1-2H3/q+1. The molecule has 0 radical (unpaired) electrons. The first-order valence-electron chi connectivity index (χ1n) is 19.8. The van der Waals surface area contributed by atoms with Crippen LogP contribution in [0.25, 0.3) is 0 Å². The average Bonchev–Trinajstić information content (AvgIpc) is 3.01. The maximum atomic E-state index is 2.45. The molecule has 1 aromatic rings. The van der Waals surface area contributed by atoms with Crippen LogP contribution in [0.2, 0.25) is 0 Å². The van der Waals surface area contributed by atoms with E-state index in [0.717, 1.165) is 0 Å². The minimum Gasteiger partial charge on any atom is -0.205 e. The number of pyridine rings is 1. The second-order valence-electron chi connectivity index (χ2n) is 13.8. The van der Waals surface area contributed by atoms with Crippen molar-refractivity contribution in [3.8, 4) is 0 Å². The largest absolute Gasteiger partial charge is 0.205 e. The topological polar surface area (TPSA) is 3.88 Å². The fourth-order valence-electron chi connectivity index (χ4n) is 6.58. The third-order valence-electron chi connectivity index (χ3n) is 9.51. The Bertz CT molecular complexity index is 586. The molecule has 0 aliphatic carbocycles. The highest BCUT2D eigenvalue weighted by Gasteiger charge is 2.04. The molecular weight excluding hydrogens is 506 g/mol. The third kappa shape index (κ3) is 28.0. The van der Waals surface area contributed by atoms with E-state index >= 15 is 0 Å². The summed E-state index contributed by atoms with van der Waals surface area (Å²) in [5.41, 5.74) is 1.54. The van der Waals surface area contributed by atoms with Gasteiger partial charge in [-0.2, -0.15) is 0 Å². The fourth-order valence-corrected chi connectivity index (χ4v) is 6.58. The van der Waals surface area contributed by atoms with E-state index in [1.807, 2.05) is 0 Å². The maximum absolute atomic E-state index is 2.45. The van der Waals surface area contributed by atoms with E-state index in [2.05, 4.69) is 42.9 Å². The van der Waals surface area contributed by atoms with Crippen molar-refractivity contribution in [3.05, 3.63) is 30.1 Å². The van der Waals surface area contributed by atoms with Gasteiger partial charge in [0.05, 0.1) is 0 Å². The molecule has 1 heteroatoms. The molecule has 0 unspecified atom stereocenters. The molecule has 0 aromatic carbocycles. The predicted molar refractivity (Wildman–Crippen MR) is 189 cm³/mol. The van der Waals surface area contributed by atoms with Gasteiger partial charge in [-0.1, -0.05) is 200 Å². The molecule has 1 nitrogen and oxygen atoms in total. The number of hydrogen-bond acceptors (Lipinski definition) is 0. The lowest BCUT2D eigenvalue weighted by molar-refractivity contribution is -0.697. The molecule has 0 aliphatic heterocycles. The molecule has 246 valence electrons. The molecule has 0 bridgehead atoms. The van der Waals surface area contributed by atoms with Gasteiger partial charge in [0.2, 0.25) is 0 Å². The summed E-state index contributed by atoms with van der Waals surface area (Å²) in [7, 11) is 0. The second-order valence-corrected chi connectivity index (χ2v) is 13.8. The summed E-state index contributed by atoms with van der Waals surface area (Å²) in [6.45, 7) is 5.81. The Hall–Kier alpha value is -0.850. The molecule has 0 spiro atoms. The van der Waals surface area contributed by atoms with E-state index in [1.165, 1.54) is 218 Å². The Kier molecular flexibility index (Phi) is 30.8. The van der Waals surface area contributed by atoms with E-state index in [0.29, 0.717) is 0 Å². The van der Waals surface area contributed by atoms with Crippen LogP contribution >= 0.6 is 0 Å². The van der Waals surface area contributed by atoms with Crippen LogP contribution in [0.3, 0.4) is 0 Å². The van der Waals surface area contributed by atoms with Gasteiger partial charge in [0.25, 0.3) is 0 Å². The number of unbranched alkanes of at least 4 members (excludes halogenated alkanes) is 30. The van der Waals surface area contributed by atoms with Crippen LogP contribution in [0.5, 0.6) is 0 Å². The number of nitrogens with zero attached hydrogens (tertiary/aromatic N) is 1. The van der Waals surface area contributed by atoms with Crippen molar-refractivity contribution < 1.29 is 4.57 Å². The highest BCUT2D eigenvalue weighted by Crippen LogP contribution is 2.15. The van der Waals surface area contributed by atoms with Crippen LogP contribution in [0.1, 0.15) is 225 Å². The van der Waals surface area contributed by atoms with Gasteiger partial charge >= 0.3 is 0 Å².